The largest absolute Gasteiger partial charge is 0.368 e. The summed E-state index contributed by atoms with van der Waals surface area (Å²) >= 11 is 0. The van der Waals surface area contributed by atoms with Crippen LogP contribution < -0.4 is 11.1 Å². The SMILES string of the molecule is N#Cc1ccc(C[C@@H](NC(=O)COCc2ccccc2)C(N)=O)cc1. The highest BCUT2D eigenvalue weighted by Crippen LogP contribution is 2.07. The molecule has 0 saturated heterocycles. The molecular formula is C19H19N3O3. The fraction of sp³-hybridized carbons (Fsp3) is 0.211. The summed E-state index contributed by atoms with van der Waals surface area (Å²) in [6.45, 7) is 0.150. The summed E-state index contributed by atoms with van der Waals surface area (Å²) in [5.74, 6) is -1.03. The number of primary amides is 1. The summed E-state index contributed by atoms with van der Waals surface area (Å²) in [6, 6.07) is 17.4. The molecule has 6 heteroatoms. The third kappa shape index (κ3) is 6.09. The standard InChI is InChI=1S/C19H19N3O3/c20-11-15-8-6-14(7-9-15)10-17(19(21)24)22-18(23)13-25-12-16-4-2-1-3-5-16/h1-9,17H,10,12-13H2,(H2,21,24)(H,22,23)/t17-/m1/s1. The van der Waals surface area contributed by atoms with Crippen molar-refractivity contribution in [1.82, 2.24) is 5.32 Å². The van der Waals surface area contributed by atoms with Crippen molar-refractivity contribution in [1.29, 1.82) is 5.26 Å². The number of nitrogens with one attached hydrogen (secondary N) is 1. The molecule has 0 fully saturated rings. The van der Waals surface area contributed by atoms with Gasteiger partial charge in [0.25, 0.3) is 0 Å². The lowest BCUT2D eigenvalue weighted by molar-refractivity contribution is -0.130. The molecule has 0 unspecified atom stereocenters. The van der Waals surface area contributed by atoms with Gasteiger partial charge in [-0.1, -0.05) is 42.5 Å². The van der Waals surface area contributed by atoms with E-state index in [1.807, 2.05) is 36.4 Å². The Morgan fingerprint density at radius 1 is 1.08 bits per heavy atom. The van der Waals surface area contributed by atoms with Crippen molar-refractivity contribution in [2.75, 3.05) is 6.61 Å². The molecule has 0 spiro atoms. The van der Waals surface area contributed by atoms with Crippen molar-refractivity contribution in [2.24, 2.45) is 5.73 Å². The van der Waals surface area contributed by atoms with Gasteiger partial charge in [-0.05, 0) is 23.3 Å². The van der Waals surface area contributed by atoms with Gasteiger partial charge in [0.1, 0.15) is 12.6 Å². The molecular weight excluding hydrogens is 318 g/mol. The summed E-state index contributed by atoms with van der Waals surface area (Å²) in [7, 11) is 0. The first-order chi connectivity index (χ1) is 12.1. The van der Waals surface area contributed by atoms with Gasteiger partial charge in [-0.3, -0.25) is 9.59 Å². The maximum Gasteiger partial charge on any atom is 0.246 e. The van der Waals surface area contributed by atoms with E-state index in [0.717, 1.165) is 11.1 Å². The fourth-order valence-corrected chi connectivity index (χ4v) is 2.25. The number of nitrogens with zero attached hydrogens (tertiary/aromatic N) is 1. The molecule has 0 heterocycles. The number of benzene rings is 2. The Morgan fingerprint density at radius 3 is 2.36 bits per heavy atom. The van der Waals surface area contributed by atoms with E-state index < -0.39 is 17.9 Å². The summed E-state index contributed by atoms with van der Waals surface area (Å²) < 4.78 is 5.34. The van der Waals surface area contributed by atoms with Crippen LogP contribution in [0.5, 0.6) is 0 Å². The zero-order chi connectivity index (χ0) is 18.1. The Morgan fingerprint density at radius 2 is 1.76 bits per heavy atom. The van der Waals surface area contributed by atoms with Crippen LogP contribution in [0, 0.1) is 11.3 Å². The fourth-order valence-electron chi connectivity index (χ4n) is 2.25. The Labute approximate surface area is 146 Å². The highest BCUT2D eigenvalue weighted by atomic mass is 16.5. The Bertz CT molecular complexity index is 752. The lowest BCUT2D eigenvalue weighted by atomic mass is 10.0. The predicted octanol–water partition coefficient (Wildman–Crippen LogP) is 1.29. The average Bonchev–Trinajstić information content (AvgIpc) is 2.62. The number of nitriles is 1. The number of carbonyl (C=O) groups excluding carboxylic acids is 2. The topological polar surface area (TPSA) is 105 Å². The summed E-state index contributed by atoms with van der Waals surface area (Å²) in [6.07, 6.45) is 0.255. The first-order valence-corrected chi connectivity index (χ1v) is 7.78. The van der Waals surface area contributed by atoms with E-state index in [2.05, 4.69) is 5.32 Å². The number of nitrogens with two attached hydrogens (primary N) is 1. The van der Waals surface area contributed by atoms with Crippen LogP contribution in [0.4, 0.5) is 0 Å². The molecule has 0 aliphatic rings. The predicted molar refractivity (Wildman–Crippen MR) is 92.1 cm³/mol. The van der Waals surface area contributed by atoms with Crippen LogP contribution >= 0.6 is 0 Å². The lowest BCUT2D eigenvalue weighted by Gasteiger charge is -2.15. The number of ether oxygens (including phenoxy) is 1. The van der Waals surface area contributed by atoms with Crippen LogP contribution in [-0.4, -0.2) is 24.5 Å². The molecule has 2 rings (SSSR count). The molecule has 2 amide bonds. The first kappa shape index (κ1) is 18.2. The molecule has 0 aliphatic carbocycles. The van der Waals surface area contributed by atoms with Gasteiger partial charge in [-0.2, -0.15) is 5.26 Å². The summed E-state index contributed by atoms with van der Waals surface area (Å²) in [4.78, 5) is 23.5. The van der Waals surface area contributed by atoms with Crippen molar-refractivity contribution >= 4 is 11.8 Å². The average molecular weight is 337 g/mol. The normalized spacial score (nSPS) is 11.3. The number of carbonyl (C=O) groups is 2. The zero-order valence-corrected chi connectivity index (χ0v) is 13.6. The van der Waals surface area contributed by atoms with Crippen LogP contribution in [0.3, 0.4) is 0 Å². The van der Waals surface area contributed by atoms with Gasteiger partial charge in [-0.15, -0.1) is 0 Å². The highest BCUT2D eigenvalue weighted by Gasteiger charge is 2.18. The van der Waals surface area contributed by atoms with Gasteiger partial charge in [0.15, 0.2) is 0 Å². The second-order valence-corrected chi connectivity index (χ2v) is 5.51. The molecule has 25 heavy (non-hydrogen) atoms. The molecule has 0 aliphatic heterocycles. The molecule has 2 aromatic rings. The van der Waals surface area contributed by atoms with E-state index in [0.29, 0.717) is 12.2 Å². The molecule has 2 aromatic carbocycles. The van der Waals surface area contributed by atoms with Crippen LogP contribution in [0.15, 0.2) is 54.6 Å². The lowest BCUT2D eigenvalue weighted by Crippen LogP contribution is -2.47. The number of hydrogen-bond donors (Lipinski definition) is 2. The van der Waals surface area contributed by atoms with E-state index in [1.54, 1.807) is 24.3 Å². The minimum atomic E-state index is -0.833. The van der Waals surface area contributed by atoms with E-state index in [4.69, 9.17) is 15.7 Å². The first-order valence-electron chi connectivity index (χ1n) is 7.78. The summed E-state index contributed by atoms with van der Waals surface area (Å²) in [5.41, 5.74) is 7.64. The highest BCUT2D eigenvalue weighted by molar-refractivity contribution is 5.87. The minimum Gasteiger partial charge on any atom is -0.368 e. The van der Waals surface area contributed by atoms with Crippen molar-refractivity contribution in [3.63, 3.8) is 0 Å². The quantitative estimate of drug-likeness (QED) is 0.757. The van der Waals surface area contributed by atoms with Crippen molar-refractivity contribution in [2.45, 2.75) is 19.1 Å². The van der Waals surface area contributed by atoms with E-state index in [1.165, 1.54) is 0 Å². The van der Waals surface area contributed by atoms with Gasteiger partial charge in [0, 0.05) is 6.42 Å². The molecule has 1 atom stereocenters. The minimum absolute atomic E-state index is 0.161. The third-order valence-corrected chi connectivity index (χ3v) is 3.55. The molecule has 0 saturated carbocycles. The Kier molecular flexibility index (Phi) is 6.69. The maximum atomic E-state index is 12.0. The van der Waals surface area contributed by atoms with Crippen molar-refractivity contribution in [3.05, 3.63) is 71.3 Å². The van der Waals surface area contributed by atoms with Crippen LogP contribution in [0.25, 0.3) is 0 Å². The van der Waals surface area contributed by atoms with E-state index in [-0.39, 0.29) is 13.0 Å². The van der Waals surface area contributed by atoms with Crippen LogP contribution in [0.2, 0.25) is 0 Å². The Hall–Kier alpha value is -3.17. The van der Waals surface area contributed by atoms with E-state index >= 15 is 0 Å². The van der Waals surface area contributed by atoms with Crippen LogP contribution in [0.1, 0.15) is 16.7 Å². The Balaban J connectivity index is 1.84. The van der Waals surface area contributed by atoms with Gasteiger partial charge < -0.3 is 15.8 Å². The molecule has 0 bridgehead atoms. The monoisotopic (exact) mass is 337 g/mol. The van der Waals surface area contributed by atoms with Gasteiger partial charge in [0.2, 0.25) is 11.8 Å². The molecule has 128 valence electrons. The number of hydrogen-bond acceptors (Lipinski definition) is 4. The third-order valence-electron chi connectivity index (χ3n) is 3.55. The molecule has 0 radical (unpaired) electrons. The van der Waals surface area contributed by atoms with Gasteiger partial charge >= 0.3 is 0 Å². The maximum absolute atomic E-state index is 12.0. The summed E-state index contributed by atoms with van der Waals surface area (Å²) in [5, 5.41) is 11.4. The molecule has 0 aromatic heterocycles. The zero-order valence-electron chi connectivity index (χ0n) is 13.6. The molecule has 6 nitrogen and oxygen atoms in total. The number of amides is 2. The number of rotatable bonds is 8. The van der Waals surface area contributed by atoms with Crippen molar-refractivity contribution in [3.8, 4) is 6.07 Å². The molecule has 3 N–H and O–H groups in total. The van der Waals surface area contributed by atoms with Gasteiger partial charge in [-0.25, -0.2) is 0 Å². The van der Waals surface area contributed by atoms with Crippen molar-refractivity contribution < 1.29 is 14.3 Å². The second-order valence-electron chi connectivity index (χ2n) is 5.51. The second kappa shape index (κ2) is 9.21. The van der Waals surface area contributed by atoms with E-state index in [9.17, 15) is 9.59 Å². The van der Waals surface area contributed by atoms with Crippen LogP contribution in [-0.2, 0) is 27.4 Å². The van der Waals surface area contributed by atoms with Gasteiger partial charge in [0.05, 0.1) is 18.2 Å². The smallest absolute Gasteiger partial charge is 0.246 e.